The first-order chi connectivity index (χ1) is 11.3. The number of amides is 1. The predicted octanol–water partition coefficient (Wildman–Crippen LogP) is 3.28. The summed E-state index contributed by atoms with van der Waals surface area (Å²) in [5.74, 6) is 1.51. The molecule has 3 heterocycles. The lowest BCUT2D eigenvalue weighted by molar-refractivity contribution is 0.0715. The summed E-state index contributed by atoms with van der Waals surface area (Å²) in [5, 5.41) is 2.62. The van der Waals surface area contributed by atoms with Crippen LogP contribution in [0.15, 0.2) is 29.6 Å². The Labute approximate surface area is 138 Å². The van der Waals surface area contributed by atoms with Gasteiger partial charge < -0.3 is 14.4 Å². The molecule has 0 aliphatic carbocycles. The highest BCUT2D eigenvalue weighted by Gasteiger charge is 2.27. The molecule has 5 nitrogen and oxygen atoms in total. The molecule has 4 rings (SSSR count). The van der Waals surface area contributed by atoms with E-state index in [9.17, 15) is 4.79 Å². The number of nitrogens with zero attached hydrogens (tertiary/aromatic N) is 2. The number of ether oxygens (including phenoxy) is 2. The summed E-state index contributed by atoms with van der Waals surface area (Å²) >= 11 is 1.46. The van der Waals surface area contributed by atoms with Gasteiger partial charge in [0.25, 0.3) is 5.91 Å². The van der Waals surface area contributed by atoms with Crippen LogP contribution in [0.3, 0.4) is 0 Å². The third-order valence-electron chi connectivity index (χ3n) is 4.17. The molecular weight excluding hydrogens is 312 g/mol. The summed E-state index contributed by atoms with van der Waals surface area (Å²) in [6.07, 6.45) is 3.12. The van der Waals surface area contributed by atoms with Crippen LogP contribution in [0.2, 0.25) is 0 Å². The van der Waals surface area contributed by atoms with Crippen LogP contribution in [0, 0.1) is 0 Å². The molecule has 0 radical (unpaired) electrons. The van der Waals surface area contributed by atoms with Crippen molar-refractivity contribution in [2.45, 2.75) is 25.4 Å². The van der Waals surface area contributed by atoms with E-state index in [1.54, 1.807) is 0 Å². The number of carbonyl (C=O) groups is 1. The SMILES string of the molecule is O=C(c1csc(C2COc3ccccc3O2)n1)N1CCCCC1. The van der Waals surface area contributed by atoms with E-state index in [-0.39, 0.29) is 12.0 Å². The number of fused-ring (bicyclic) bond motifs is 1. The number of thiazole rings is 1. The van der Waals surface area contributed by atoms with Crippen molar-refractivity contribution in [2.24, 2.45) is 0 Å². The standard InChI is InChI=1S/C17H18N2O3S/c20-17(19-8-4-1-5-9-19)12-11-23-16(18-12)15-10-21-13-6-2-3-7-14(13)22-15/h2-3,6-7,11,15H,1,4-5,8-10H2. The molecule has 1 atom stereocenters. The lowest BCUT2D eigenvalue weighted by atomic mass is 10.1. The van der Waals surface area contributed by atoms with E-state index in [0.29, 0.717) is 12.3 Å². The first-order valence-electron chi connectivity index (χ1n) is 7.94. The lowest BCUT2D eigenvalue weighted by Crippen LogP contribution is -2.35. The monoisotopic (exact) mass is 330 g/mol. The highest BCUT2D eigenvalue weighted by molar-refractivity contribution is 7.09. The van der Waals surface area contributed by atoms with Crippen LogP contribution in [-0.4, -0.2) is 35.5 Å². The fourth-order valence-electron chi connectivity index (χ4n) is 2.93. The summed E-state index contributed by atoms with van der Waals surface area (Å²) in [4.78, 5) is 18.9. The Balaban J connectivity index is 1.49. The van der Waals surface area contributed by atoms with Gasteiger partial charge in [0.15, 0.2) is 17.6 Å². The van der Waals surface area contributed by atoms with Crippen molar-refractivity contribution in [3.8, 4) is 11.5 Å². The summed E-state index contributed by atoms with van der Waals surface area (Å²) < 4.78 is 11.7. The van der Waals surface area contributed by atoms with Gasteiger partial charge in [-0.05, 0) is 31.4 Å². The van der Waals surface area contributed by atoms with Gasteiger partial charge in [-0.3, -0.25) is 4.79 Å². The number of hydrogen-bond acceptors (Lipinski definition) is 5. The van der Waals surface area contributed by atoms with Gasteiger partial charge in [0, 0.05) is 18.5 Å². The summed E-state index contributed by atoms with van der Waals surface area (Å²) in [6.45, 7) is 2.09. The predicted molar refractivity (Wildman–Crippen MR) is 87.2 cm³/mol. The van der Waals surface area contributed by atoms with E-state index < -0.39 is 0 Å². The molecule has 2 aliphatic heterocycles. The van der Waals surface area contributed by atoms with Crippen molar-refractivity contribution >= 4 is 17.2 Å². The number of aromatic nitrogens is 1. The normalized spacial score (nSPS) is 20.3. The van der Waals surface area contributed by atoms with Crippen LogP contribution >= 0.6 is 11.3 Å². The maximum Gasteiger partial charge on any atom is 0.273 e. The second-order valence-corrected chi connectivity index (χ2v) is 6.68. The number of likely N-dealkylation sites (tertiary alicyclic amines) is 1. The van der Waals surface area contributed by atoms with Crippen molar-refractivity contribution in [3.05, 3.63) is 40.3 Å². The minimum Gasteiger partial charge on any atom is -0.485 e. The van der Waals surface area contributed by atoms with Crippen LogP contribution in [0.25, 0.3) is 0 Å². The minimum atomic E-state index is -0.252. The second-order valence-electron chi connectivity index (χ2n) is 5.79. The molecule has 23 heavy (non-hydrogen) atoms. The van der Waals surface area contributed by atoms with Crippen molar-refractivity contribution < 1.29 is 14.3 Å². The molecule has 6 heteroatoms. The number of hydrogen-bond donors (Lipinski definition) is 0. The zero-order valence-corrected chi connectivity index (χ0v) is 13.6. The molecule has 2 aliphatic rings. The molecule has 1 amide bonds. The number of benzene rings is 1. The first-order valence-corrected chi connectivity index (χ1v) is 8.82. The summed E-state index contributed by atoms with van der Waals surface area (Å²) in [6, 6.07) is 7.60. The van der Waals surface area contributed by atoms with Crippen molar-refractivity contribution in [3.63, 3.8) is 0 Å². The molecule has 1 saturated heterocycles. The van der Waals surface area contributed by atoms with Crippen LogP contribution in [0.1, 0.15) is 40.9 Å². The van der Waals surface area contributed by atoms with Crippen LogP contribution in [0.5, 0.6) is 11.5 Å². The number of carbonyl (C=O) groups excluding carboxylic acids is 1. The van der Waals surface area contributed by atoms with Crippen molar-refractivity contribution in [1.29, 1.82) is 0 Å². The average Bonchev–Trinajstić information content (AvgIpc) is 3.11. The first kappa shape index (κ1) is 14.5. The van der Waals surface area contributed by atoms with E-state index >= 15 is 0 Å². The minimum absolute atomic E-state index is 0.0318. The van der Waals surface area contributed by atoms with Gasteiger partial charge in [0.2, 0.25) is 0 Å². The third kappa shape index (κ3) is 2.91. The van der Waals surface area contributed by atoms with Crippen molar-refractivity contribution in [1.82, 2.24) is 9.88 Å². The third-order valence-corrected chi connectivity index (χ3v) is 5.11. The Kier molecular flexibility index (Phi) is 3.91. The van der Waals surface area contributed by atoms with Gasteiger partial charge in [-0.1, -0.05) is 12.1 Å². The zero-order chi connectivity index (χ0) is 15.6. The fraction of sp³-hybridized carbons (Fsp3) is 0.412. The topological polar surface area (TPSA) is 51.7 Å². The highest BCUT2D eigenvalue weighted by Crippen LogP contribution is 2.36. The largest absolute Gasteiger partial charge is 0.485 e. The van der Waals surface area contributed by atoms with Gasteiger partial charge in [-0.25, -0.2) is 4.98 Å². The highest BCUT2D eigenvalue weighted by atomic mass is 32.1. The Hall–Kier alpha value is -2.08. The number of piperidine rings is 1. The van der Waals surface area contributed by atoms with Gasteiger partial charge in [0.1, 0.15) is 17.3 Å². The molecule has 120 valence electrons. The zero-order valence-electron chi connectivity index (χ0n) is 12.7. The van der Waals surface area contributed by atoms with Crippen LogP contribution in [-0.2, 0) is 0 Å². The number of rotatable bonds is 2. The quantitative estimate of drug-likeness (QED) is 0.848. The van der Waals surface area contributed by atoms with E-state index in [2.05, 4.69) is 4.98 Å². The average molecular weight is 330 g/mol. The lowest BCUT2D eigenvalue weighted by Gasteiger charge is -2.26. The molecule has 0 bridgehead atoms. The molecule has 1 aromatic heterocycles. The van der Waals surface area contributed by atoms with E-state index in [1.807, 2.05) is 34.5 Å². The van der Waals surface area contributed by atoms with E-state index in [4.69, 9.17) is 9.47 Å². The van der Waals surface area contributed by atoms with Gasteiger partial charge >= 0.3 is 0 Å². The Morgan fingerprint density at radius 2 is 1.96 bits per heavy atom. The Morgan fingerprint density at radius 1 is 1.17 bits per heavy atom. The fourth-order valence-corrected chi connectivity index (χ4v) is 3.74. The van der Waals surface area contributed by atoms with Gasteiger partial charge in [-0.2, -0.15) is 0 Å². The number of para-hydroxylation sites is 2. The molecule has 1 fully saturated rings. The maximum atomic E-state index is 12.5. The molecule has 0 spiro atoms. The molecule has 0 saturated carbocycles. The Morgan fingerprint density at radius 3 is 2.78 bits per heavy atom. The van der Waals surface area contributed by atoms with Crippen LogP contribution < -0.4 is 9.47 Å². The van der Waals surface area contributed by atoms with Gasteiger partial charge in [-0.15, -0.1) is 11.3 Å². The van der Waals surface area contributed by atoms with Gasteiger partial charge in [0.05, 0.1) is 0 Å². The smallest absolute Gasteiger partial charge is 0.273 e. The second kappa shape index (κ2) is 6.20. The Bertz CT molecular complexity index is 709. The molecule has 2 aromatic rings. The van der Waals surface area contributed by atoms with Crippen LogP contribution in [0.4, 0.5) is 0 Å². The summed E-state index contributed by atoms with van der Waals surface area (Å²) in [7, 11) is 0. The van der Waals surface area contributed by atoms with E-state index in [0.717, 1.165) is 42.4 Å². The summed E-state index contributed by atoms with van der Waals surface area (Å²) in [5.41, 5.74) is 0.523. The maximum absolute atomic E-state index is 12.5. The molecule has 0 N–H and O–H groups in total. The molecule has 1 unspecified atom stereocenters. The molecular formula is C17H18N2O3S. The molecule has 1 aromatic carbocycles. The van der Waals surface area contributed by atoms with E-state index in [1.165, 1.54) is 17.8 Å². The van der Waals surface area contributed by atoms with Crippen molar-refractivity contribution in [2.75, 3.05) is 19.7 Å².